The molecule has 3 rings (SSSR count). The van der Waals surface area contributed by atoms with Crippen LogP contribution in [0.1, 0.15) is 96.6 Å². The second-order valence-electron chi connectivity index (χ2n) is 9.94. The van der Waals surface area contributed by atoms with Crippen molar-refractivity contribution >= 4 is 35.1 Å². The zero-order valence-electron chi connectivity index (χ0n) is 24.1. The van der Waals surface area contributed by atoms with E-state index >= 15 is 0 Å². The number of benzene rings is 2. The van der Waals surface area contributed by atoms with Crippen molar-refractivity contribution < 1.29 is 33.5 Å². The lowest BCUT2D eigenvalue weighted by Crippen LogP contribution is -2.31. The van der Waals surface area contributed by atoms with Crippen LogP contribution < -0.4 is 19.2 Å². The first-order valence-electron chi connectivity index (χ1n) is 14.0. The van der Waals surface area contributed by atoms with Gasteiger partial charge in [0.2, 0.25) is 11.8 Å². The van der Waals surface area contributed by atoms with E-state index in [9.17, 15) is 24.5 Å². The quantitative estimate of drug-likeness (QED) is 0.0815. The molecule has 11 nitrogen and oxygen atoms in total. The molecule has 2 aromatic rings. The fraction of sp³-hybridized carbons (Fsp3) is 0.467. The minimum Gasteiger partial charge on any atom is -0.434 e. The molecule has 0 unspecified atom stereocenters. The van der Waals surface area contributed by atoms with Gasteiger partial charge in [0.25, 0.3) is 5.69 Å². The summed E-state index contributed by atoms with van der Waals surface area (Å²) in [4.78, 5) is 47.3. The first-order chi connectivity index (χ1) is 19.6. The van der Waals surface area contributed by atoms with Crippen LogP contribution in [0.25, 0.3) is 0 Å². The summed E-state index contributed by atoms with van der Waals surface area (Å²) in [7, 11) is 0. The van der Waals surface area contributed by atoms with Crippen LogP contribution in [0, 0.1) is 10.1 Å². The van der Waals surface area contributed by atoms with Crippen molar-refractivity contribution in [2.75, 3.05) is 5.01 Å². The summed E-state index contributed by atoms with van der Waals surface area (Å²) in [5, 5.41) is 16.6. The first-order valence-corrected chi connectivity index (χ1v) is 14.0. The summed E-state index contributed by atoms with van der Waals surface area (Å²) in [6.45, 7) is 5.98. The highest BCUT2D eigenvalue weighted by Gasteiger charge is 2.32. The molecular formula is C30H37N3O8. The molecule has 0 aliphatic carbocycles. The topological polar surface area (TPSA) is 138 Å². The van der Waals surface area contributed by atoms with E-state index < -0.39 is 22.8 Å². The number of carbonyl (C=O) groups excluding carboxylic acids is 3. The molecule has 0 bridgehead atoms. The lowest BCUT2D eigenvalue weighted by molar-refractivity contribution is -0.384. The third kappa shape index (κ3) is 8.60. The standard InChI is InChI=1S/C30H37N3O8/c1-5-6-7-8-9-10-11-12-13-14-25-28-26(19-27(39-21(3)35)29(25)40-22(4)36)32(20(2)34)31-30(41-28)23-15-17-24(18-16-23)33(37)38/h15-19H,5-14H2,1-4H3. The number of nitro benzene ring substituents is 1. The molecule has 220 valence electrons. The van der Waals surface area contributed by atoms with Crippen LogP contribution >= 0.6 is 0 Å². The molecule has 0 N–H and O–H groups in total. The number of carbonyl (C=O) groups is 3. The number of rotatable bonds is 14. The second kappa shape index (κ2) is 14.9. The van der Waals surface area contributed by atoms with Crippen molar-refractivity contribution in [1.82, 2.24) is 0 Å². The molecule has 11 heteroatoms. The van der Waals surface area contributed by atoms with Crippen molar-refractivity contribution in [2.24, 2.45) is 5.10 Å². The number of hydrazone groups is 1. The van der Waals surface area contributed by atoms with Crippen LogP contribution in [0.5, 0.6) is 17.2 Å². The number of hydrogen-bond acceptors (Lipinski definition) is 9. The molecule has 0 aromatic heterocycles. The number of anilines is 1. The van der Waals surface area contributed by atoms with Crippen molar-refractivity contribution in [3.8, 4) is 17.2 Å². The maximum Gasteiger partial charge on any atom is 0.308 e. The number of nitro groups is 1. The van der Waals surface area contributed by atoms with Crippen molar-refractivity contribution in [3.05, 3.63) is 51.6 Å². The van der Waals surface area contributed by atoms with E-state index in [-0.39, 0.29) is 34.5 Å². The minimum atomic E-state index is -0.631. The summed E-state index contributed by atoms with van der Waals surface area (Å²) < 4.78 is 17.1. The Bertz CT molecular complexity index is 1300. The predicted molar refractivity (Wildman–Crippen MR) is 153 cm³/mol. The summed E-state index contributed by atoms with van der Waals surface area (Å²) in [6, 6.07) is 6.95. The van der Waals surface area contributed by atoms with Crippen molar-refractivity contribution in [1.29, 1.82) is 0 Å². The van der Waals surface area contributed by atoms with Crippen LogP contribution in [0.3, 0.4) is 0 Å². The van der Waals surface area contributed by atoms with Crippen molar-refractivity contribution in [2.45, 2.75) is 91.9 Å². The highest BCUT2D eigenvalue weighted by atomic mass is 16.6. The van der Waals surface area contributed by atoms with E-state index in [4.69, 9.17) is 14.2 Å². The molecule has 0 atom stereocenters. The average molecular weight is 568 g/mol. The fourth-order valence-electron chi connectivity index (χ4n) is 4.60. The molecule has 1 aliphatic rings. The highest BCUT2D eigenvalue weighted by Crippen LogP contribution is 2.48. The summed E-state index contributed by atoms with van der Waals surface area (Å²) in [6.07, 6.45) is 10.3. The number of hydrogen-bond donors (Lipinski definition) is 0. The molecule has 41 heavy (non-hydrogen) atoms. The summed E-state index contributed by atoms with van der Waals surface area (Å²) >= 11 is 0. The zero-order chi connectivity index (χ0) is 29.9. The van der Waals surface area contributed by atoms with Crippen LogP contribution in [0.2, 0.25) is 0 Å². The predicted octanol–water partition coefficient (Wildman–Crippen LogP) is 6.63. The lowest BCUT2D eigenvalue weighted by atomic mass is 10.0. The number of esters is 2. The maximum atomic E-state index is 12.7. The Balaban J connectivity index is 1.98. The molecule has 0 radical (unpaired) electrons. The Morgan fingerprint density at radius 1 is 0.902 bits per heavy atom. The molecule has 0 saturated heterocycles. The number of amides is 1. The average Bonchev–Trinajstić information content (AvgIpc) is 2.92. The summed E-state index contributed by atoms with van der Waals surface area (Å²) in [5.41, 5.74) is 0.974. The van der Waals surface area contributed by atoms with Crippen LogP contribution in [0.4, 0.5) is 11.4 Å². The monoisotopic (exact) mass is 567 g/mol. The highest BCUT2D eigenvalue weighted by molar-refractivity contribution is 6.05. The number of non-ortho nitro benzene ring substituents is 1. The largest absolute Gasteiger partial charge is 0.434 e. The van der Waals surface area contributed by atoms with Crippen LogP contribution in [0.15, 0.2) is 35.4 Å². The van der Waals surface area contributed by atoms with E-state index in [0.717, 1.165) is 30.7 Å². The van der Waals surface area contributed by atoms with Gasteiger partial charge in [-0.25, -0.2) is 0 Å². The maximum absolute atomic E-state index is 12.7. The molecule has 0 fully saturated rings. The minimum absolute atomic E-state index is 0.0267. The summed E-state index contributed by atoms with van der Waals surface area (Å²) in [5.74, 6) is -1.42. The van der Waals surface area contributed by atoms with Gasteiger partial charge in [0.05, 0.1) is 4.92 Å². The second-order valence-corrected chi connectivity index (χ2v) is 9.94. The normalized spacial score (nSPS) is 12.2. The van der Waals surface area contributed by atoms with Crippen LogP contribution in [-0.4, -0.2) is 28.7 Å². The van der Waals surface area contributed by atoms with E-state index in [2.05, 4.69) is 12.0 Å². The van der Waals surface area contributed by atoms with Gasteiger partial charge in [-0.05, 0) is 25.0 Å². The van der Waals surface area contributed by atoms with Gasteiger partial charge in [-0.1, -0.05) is 58.3 Å². The molecule has 0 saturated carbocycles. The Kier molecular flexibility index (Phi) is 11.4. The van der Waals surface area contributed by atoms with Gasteiger partial charge in [-0.3, -0.25) is 24.5 Å². The van der Waals surface area contributed by atoms with Gasteiger partial charge in [0.15, 0.2) is 17.2 Å². The number of ether oxygens (including phenoxy) is 3. The Hall–Kier alpha value is -4.28. The van der Waals surface area contributed by atoms with Crippen molar-refractivity contribution in [3.63, 3.8) is 0 Å². The zero-order valence-corrected chi connectivity index (χ0v) is 24.1. The SMILES string of the molecule is CCCCCCCCCCCc1c(OC(C)=O)c(OC(C)=O)cc2c1OC(c1ccc([N+](=O)[O-])cc1)=NN2C(C)=O. The first kappa shape index (κ1) is 31.3. The molecular weight excluding hydrogens is 530 g/mol. The van der Waals surface area contributed by atoms with Gasteiger partial charge in [-0.2, -0.15) is 5.01 Å². The number of unbranched alkanes of at least 4 members (excludes halogenated alkanes) is 8. The smallest absolute Gasteiger partial charge is 0.308 e. The molecule has 2 aromatic carbocycles. The molecule has 1 heterocycles. The van der Waals surface area contributed by atoms with Crippen LogP contribution in [-0.2, 0) is 20.8 Å². The Labute approximate surface area is 239 Å². The van der Waals surface area contributed by atoms with Gasteiger partial charge < -0.3 is 14.2 Å². The molecule has 1 aliphatic heterocycles. The fourth-order valence-corrected chi connectivity index (χ4v) is 4.60. The van der Waals surface area contributed by atoms with Gasteiger partial charge in [0, 0.05) is 50.1 Å². The number of nitrogens with zero attached hydrogens (tertiary/aromatic N) is 3. The van der Waals surface area contributed by atoms with Gasteiger partial charge in [0.1, 0.15) is 5.69 Å². The third-order valence-electron chi connectivity index (χ3n) is 6.54. The molecule has 0 spiro atoms. The van der Waals surface area contributed by atoms with E-state index in [1.54, 1.807) is 0 Å². The van der Waals surface area contributed by atoms with Gasteiger partial charge >= 0.3 is 11.9 Å². The Morgan fingerprint density at radius 2 is 1.49 bits per heavy atom. The van der Waals surface area contributed by atoms with Gasteiger partial charge in [-0.15, -0.1) is 5.10 Å². The number of fused-ring (bicyclic) bond motifs is 1. The van der Waals surface area contributed by atoms with E-state index in [1.165, 1.54) is 83.2 Å². The Morgan fingerprint density at radius 3 is 2.02 bits per heavy atom. The van der Waals surface area contributed by atoms with E-state index in [0.29, 0.717) is 17.5 Å². The third-order valence-corrected chi connectivity index (χ3v) is 6.54. The van der Waals surface area contributed by atoms with E-state index in [1.807, 2.05) is 0 Å². The lowest BCUT2D eigenvalue weighted by Gasteiger charge is -2.29. The molecule has 1 amide bonds.